The molecule has 0 aliphatic carbocycles. The lowest BCUT2D eigenvalue weighted by molar-refractivity contribution is -0.115. The van der Waals surface area contributed by atoms with Gasteiger partial charge in [-0.15, -0.1) is 10.2 Å². The zero-order chi connectivity index (χ0) is 18.6. The molecule has 0 radical (unpaired) electrons. The molecule has 0 bridgehead atoms. The Bertz CT molecular complexity index is 1110. The first-order valence-corrected chi connectivity index (χ1v) is 8.33. The van der Waals surface area contributed by atoms with Gasteiger partial charge in [0.25, 0.3) is 0 Å². The van der Waals surface area contributed by atoms with Crippen LogP contribution in [0.3, 0.4) is 0 Å². The number of nitrogens with one attached hydrogen (secondary N) is 1. The van der Waals surface area contributed by atoms with Crippen LogP contribution in [0, 0.1) is 0 Å². The molecule has 27 heavy (non-hydrogen) atoms. The maximum absolute atomic E-state index is 12.3. The highest BCUT2D eigenvalue weighted by Crippen LogP contribution is 2.24. The smallest absolute Gasteiger partial charge is 0.247 e. The number of aromatic nitrogens is 3. The van der Waals surface area contributed by atoms with E-state index in [0.717, 1.165) is 16.5 Å². The molecule has 1 amide bonds. The number of hydrogen-bond acceptors (Lipinski definition) is 6. The minimum Gasteiger partial charge on any atom is -0.495 e. The van der Waals surface area contributed by atoms with Crippen LogP contribution in [0.5, 0.6) is 5.75 Å². The molecular formula is C20H16N4O3. The monoisotopic (exact) mass is 360 g/mol. The molecule has 0 fully saturated rings. The summed E-state index contributed by atoms with van der Waals surface area (Å²) in [5.74, 6) is 0.920. The van der Waals surface area contributed by atoms with E-state index in [0.29, 0.717) is 17.3 Å². The van der Waals surface area contributed by atoms with Crippen LogP contribution in [0.4, 0.5) is 5.69 Å². The average molecular weight is 360 g/mol. The zero-order valence-corrected chi connectivity index (χ0v) is 14.5. The zero-order valence-electron chi connectivity index (χ0n) is 14.5. The second-order valence-electron chi connectivity index (χ2n) is 5.84. The third-order valence-corrected chi connectivity index (χ3v) is 4.01. The minimum absolute atomic E-state index is 0.0276. The number of pyridine rings is 1. The molecule has 2 heterocycles. The third-order valence-electron chi connectivity index (χ3n) is 4.01. The molecule has 4 rings (SSSR count). The van der Waals surface area contributed by atoms with Crippen molar-refractivity contribution in [1.82, 2.24) is 15.2 Å². The Balaban J connectivity index is 1.49. The number of methoxy groups -OCH3 is 1. The number of fused-ring (bicyclic) bond motifs is 1. The number of para-hydroxylation sites is 2. The molecule has 0 atom stereocenters. The van der Waals surface area contributed by atoms with Gasteiger partial charge in [-0.05, 0) is 36.4 Å². The highest BCUT2D eigenvalue weighted by Gasteiger charge is 2.14. The summed E-state index contributed by atoms with van der Waals surface area (Å²) in [6, 6.07) is 16.7. The van der Waals surface area contributed by atoms with Crippen molar-refractivity contribution >= 4 is 22.5 Å². The van der Waals surface area contributed by atoms with Gasteiger partial charge >= 0.3 is 0 Å². The van der Waals surface area contributed by atoms with E-state index in [9.17, 15) is 4.79 Å². The lowest BCUT2D eigenvalue weighted by Gasteiger charge is -2.08. The standard InChI is InChI=1S/C20H16N4O3/c1-26-17-7-3-2-6-16(17)22-18(25)12-19-23-24-20(27-19)14-8-9-15-13(11-14)5-4-10-21-15/h2-11H,12H2,1H3,(H,22,25). The van der Waals surface area contributed by atoms with Crippen LogP contribution in [-0.4, -0.2) is 28.2 Å². The number of rotatable bonds is 5. The molecule has 0 saturated carbocycles. The fraction of sp³-hybridized carbons (Fsp3) is 0.100. The number of carbonyl (C=O) groups is 1. The van der Waals surface area contributed by atoms with Crippen molar-refractivity contribution in [3.05, 3.63) is 66.7 Å². The Morgan fingerprint density at radius 1 is 1.11 bits per heavy atom. The molecule has 1 N–H and O–H groups in total. The number of hydrogen-bond donors (Lipinski definition) is 1. The molecule has 2 aromatic carbocycles. The SMILES string of the molecule is COc1ccccc1NC(=O)Cc1nnc(-c2ccc3ncccc3c2)o1. The van der Waals surface area contributed by atoms with Gasteiger partial charge in [0.05, 0.1) is 18.3 Å². The highest BCUT2D eigenvalue weighted by atomic mass is 16.5. The van der Waals surface area contributed by atoms with Crippen LogP contribution in [0.1, 0.15) is 5.89 Å². The molecule has 0 aliphatic heterocycles. The lowest BCUT2D eigenvalue weighted by atomic mass is 10.1. The van der Waals surface area contributed by atoms with Crippen molar-refractivity contribution in [2.24, 2.45) is 0 Å². The summed E-state index contributed by atoms with van der Waals surface area (Å²) >= 11 is 0. The molecule has 2 aromatic heterocycles. The lowest BCUT2D eigenvalue weighted by Crippen LogP contribution is -2.15. The predicted octanol–water partition coefficient (Wildman–Crippen LogP) is 3.47. The normalized spacial score (nSPS) is 10.7. The molecule has 0 unspecified atom stereocenters. The van der Waals surface area contributed by atoms with Gasteiger partial charge < -0.3 is 14.5 Å². The van der Waals surface area contributed by atoms with E-state index in [1.807, 2.05) is 42.5 Å². The van der Waals surface area contributed by atoms with Crippen LogP contribution in [0.2, 0.25) is 0 Å². The topological polar surface area (TPSA) is 90.1 Å². The number of anilines is 1. The van der Waals surface area contributed by atoms with Crippen LogP contribution >= 0.6 is 0 Å². The van der Waals surface area contributed by atoms with Gasteiger partial charge in [0, 0.05) is 17.1 Å². The van der Waals surface area contributed by atoms with Gasteiger partial charge in [0.2, 0.25) is 17.7 Å². The first-order valence-electron chi connectivity index (χ1n) is 8.33. The van der Waals surface area contributed by atoms with Crippen molar-refractivity contribution < 1.29 is 13.9 Å². The summed E-state index contributed by atoms with van der Waals surface area (Å²) in [5.41, 5.74) is 2.25. The van der Waals surface area contributed by atoms with E-state index < -0.39 is 0 Å². The van der Waals surface area contributed by atoms with Crippen LogP contribution < -0.4 is 10.1 Å². The number of ether oxygens (including phenoxy) is 1. The summed E-state index contributed by atoms with van der Waals surface area (Å²) in [7, 11) is 1.55. The summed E-state index contributed by atoms with van der Waals surface area (Å²) in [6.45, 7) is 0. The van der Waals surface area contributed by atoms with E-state index in [-0.39, 0.29) is 18.2 Å². The van der Waals surface area contributed by atoms with Gasteiger partial charge in [-0.25, -0.2) is 0 Å². The average Bonchev–Trinajstić information content (AvgIpc) is 3.16. The Morgan fingerprint density at radius 3 is 2.89 bits per heavy atom. The molecule has 7 heteroatoms. The number of nitrogens with zero attached hydrogens (tertiary/aromatic N) is 3. The molecular weight excluding hydrogens is 344 g/mol. The van der Waals surface area contributed by atoms with Crippen molar-refractivity contribution in [3.63, 3.8) is 0 Å². The molecule has 134 valence electrons. The van der Waals surface area contributed by atoms with Gasteiger partial charge in [-0.3, -0.25) is 9.78 Å². The van der Waals surface area contributed by atoms with Crippen LogP contribution in [0.15, 0.2) is 65.2 Å². The van der Waals surface area contributed by atoms with Gasteiger partial charge in [-0.1, -0.05) is 18.2 Å². The van der Waals surface area contributed by atoms with E-state index in [1.54, 1.807) is 25.4 Å². The predicted molar refractivity (Wildman–Crippen MR) is 100 cm³/mol. The molecule has 0 saturated heterocycles. The Hall–Kier alpha value is -3.74. The molecule has 4 aromatic rings. The number of amides is 1. The first kappa shape index (κ1) is 16.7. The van der Waals surface area contributed by atoms with E-state index >= 15 is 0 Å². The first-order chi connectivity index (χ1) is 13.2. The van der Waals surface area contributed by atoms with Crippen molar-refractivity contribution in [3.8, 4) is 17.2 Å². The summed E-state index contributed by atoms with van der Waals surface area (Å²) in [4.78, 5) is 16.6. The maximum atomic E-state index is 12.3. The fourth-order valence-corrected chi connectivity index (χ4v) is 2.73. The molecule has 0 spiro atoms. The Kier molecular flexibility index (Phi) is 4.49. The Morgan fingerprint density at radius 2 is 2.00 bits per heavy atom. The largest absolute Gasteiger partial charge is 0.495 e. The van der Waals surface area contributed by atoms with E-state index in [1.165, 1.54) is 0 Å². The van der Waals surface area contributed by atoms with E-state index in [4.69, 9.17) is 9.15 Å². The van der Waals surface area contributed by atoms with Crippen LogP contribution in [-0.2, 0) is 11.2 Å². The number of carbonyl (C=O) groups excluding carboxylic acids is 1. The second kappa shape index (κ2) is 7.25. The highest BCUT2D eigenvalue weighted by molar-refractivity contribution is 5.93. The van der Waals surface area contributed by atoms with Gasteiger partial charge in [0.15, 0.2) is 0 Å². The van der Waals surface area contributed by atoms with Crippen molar-refractivity contribution in [1.29, 1.82) is 0 Å². The fourth-order valence-electron chi connectivity index (χ4n) is 2.73. The molecule has 0 aliphatic rings. The Labute approximate surface area is 155 Å². The quantitative estimate of drug-likeness (QED) is 0.586. The van der Waals surface area contributed by atoms with Crippen LogP contribution in [0.25, 0.3) is 22.4 Å². The third kappa shape index (κ3) is 3.62. The maximum Gasteiger partial charge on any atom is 0.247 e. The number of benzene rings is 2. The minimum atomic E-state index is -0.266. The van der Waals surface area contributed by atoms with Crippen molar-refractivity contribution in [2.75, 3.05) is 12.4 Å². The second-order valence-corrected chi connectivity index (χ2v) is 5.84. The van der Waals surface area contributed by atoms with Crippen molar-refractivity contribution in [2.45, 2.75) is 6.42 Å². The summed E-state index contributed by atoms with van der Waals surface area (Å²) < 4.78 is 10.9. The molecule has 7 nitrogen and oxygen atoms in total. The summed E-state index contributed by atoms with van der Waals surface area (Å²) in [5, 5.41) is 11.8. The van der Waals surface area contributed by atoms with Gasteiger partial charge in [-0.2, -0.15) is 0 Å². The summed E-state index contributed by atoms with van der Waals surface area (Å²) in [6.07, 6.45) is 1.72. The van der Waals surface area contributed by atoms with E-state index in [2.05, 4.69) is 20.5 Å². The van der Waals surface area contributed by atoms with Gasteiger partial charge in [0.1, 0.15) is 12.2 Å².